The number of imide groups is 1. The summed E-state index contributed by atoms with van der Waals surface area (Å²) in [6.07, 6.45) is 3.32. The Bertz CT molecular complexity index is 724. The van der Waals surface area contributed by atoms with Gasteiger partial charge in [-0.15, -0.1) is 0 Å². The van der Waals surface area contributed by atoms with Gasteiger partial charge in [-0.25, -0.2) is 4.79 Å². The van der Waals surface area contributed by atoms with E-state index in [4.69, 9.17) is 23.2 Å². The zero-order valence-corrected chi connectivity index (χ0v) is 15.6. The van der Waals surface area contributed by atoms with Crippen LogP contribution in [-0.4, -0.2) is 47.9 Å². The van der Waals surface area contributed by atoms with Gasteiger partial charge in [0.1, 0.15) is 0 Å². The number of anilines is 1. The fraction of sp³-hybridized carbons (Fsp3) is 0.471. The van der Waals surface area contributed by atoms with Gasteiger partial charge < -0.3 is 10.6 Å². The number of benzene rings is 1. The Hall–Kier alpha value is -1.83. The molecule has 26 heavy (non-hydrogen) atoms. The predicted molar refractivity (Wildman–Crippen MR) is 99.4 cm³/mol. The minimum atomic E-state index is -0.483. The Morgan fingerprint density at radius 1 is 1.15 bits per heavy atom. The highest BCUT2D eigenvalue weighted by Gasteiger charge is 2.32. The second-order valence-corrected chi connectivity index (χ2v) is 7.38. The van der Waals surface area contributed by atoms with E-state index in [1.807, 2.05) is 0 Å². The van der Waals surface area contributed by atoms with Crippen molar-refractivity contribution in [3.63, 3.8) is 0 Å². The summed E-state index contributed by atoms with van der Waals surface area (Å²) in [5.74, 6) is -0.675. The molecule has 4 amide bonds. The maximum Gasteiger partial charge on any atom is 0.321 e. The number of carbonyl (C=O) groups is 3. The van der Waals surface area contributed by atoms with Crippen molar-refractivity contribution < 1.29 is 14.4 Å². The van der Waals surface area contributed by atoms with E-state index in [1.54, 1.807) is 23.1 Å². The molecule has 140 valence electrons. The molecule has 3 rings (SSSR count). The van der Waals surface area contributed by atoms with Gasteiger partial charge in [-0.1, -0.05) is 23.2 Å². The highest BCUT2D eigenvalue weighted by Crippen LogP contribution is 2.27. The van der Waals surface area contributed by atoms with E-state index in [2.05, 4.69) is 16.0 Å². The quantitative estimate of drug-likeness (QED) is 0.709. The van der Waals surface area contributed by atoms with Crippen LogP contribution in [0.4, 0.5) is 10.5 Å². The molecule has 1 atom stereocenters. The molecule has 0 aromatic heterocycles. The molecular formula is C17H20Cl2N4O3. The Balaban J connectivity index is 1.54. The molecular weight excluding hydrogens is 379 g/mol. The van der Waals surface area contributed by atoms with Gasteiger partial charge in [0.2, 0.25) is 11.8 Å². The molecule has 1 unspecified atom stereocenters. The molecule has 0 spiro atoms. The molecule has 2 fully saturated rings. The highest BCUT2D eigenvalue weighted by atomic mass is 35.5. The predicted octanol–water partition coefficient (Wildman–Crippen LogP) is 2.38. The molecule has 9 heteroatoms. The number of hydrogen-bond acceptors (Lipinski definition) is 4. The van der Waals surface area contributed by atoms with E-state index in [-0.39, 0.29) is 18.5 Å². The van der Waals surface area contributed by atoms with Gasteiger partial charge in [-0.2, -0.15) is 0 Å². The SMILES string of the molecule is O=C(CN1CCCC1C(=O)Nc1cc(Cl)ccc1Cl)NC(=O)NC1CC1. The van der Waals surface area contributed by atoms with Crippen molar-refractivity contribution in [2.45, 2.75) is 37.8 Å². The Morgan fingerprint density at radius 3 is 2.65 bits per heavy atom. The molecule has 3 N–H and O–H groups in total. The third-order valence-electron chi connectivity index (χ3n) is 4.36. The number of halogens is 2. The van der Waals surface area contributed by atoms with E-state index in [0.717, 1.165) is 19.3 Å². The zero-order valence-electron chi connectivity index (χ0n) is 14.1. The largest absolute Gasteiger partial charge is 0.335 e. The summed E-state index contributed by atoms with van der Waals surface area (Å²) in [6.45, 7) is 0.596. The molecule has 0 bridgehead atoms. The van der Waals surface area contributed by atoms with Gasteiger partial charge in [0.05, 0.1) is 23.3 Å². The van der Waals surface area contributed by atoms with Crippen LogP contribution in [0.15, 0.2) is 18.2 Å². The fourth-order valence-electron chi connectivity index (χ4n) is 2.92. The van der Waals surface area contributed by atoms with Gasteiger partial charge in [-0.05, 0) is 50.4 Å². The van der Waals surface area contributed by atoms with Crippen LogP contribution in [0.3, 0.4) is 0 Å². The molecule has 1 aliphatic heterocycles. The number of urea groups is 1. The number of nitrogens with zero attached hydrogens (tertiary/aromatic N) is 1. The second kappa shape index (κ2) is 8.24. The first-order chi connectivity index (χ1) is 12.4. The maximum absolute atomic E-state index is 12.6. The van der Waals surface area contributed by atoms with Gasteiger partial charge >= 0.3 is 6.03 Å². The fourth-order valence-corrected chi connectivity index (χ4v) is 3.26. The van der Waals surface area contributed by atoms with Crippen LogP contribution >= 0.6 is 23.2 Å². The van der Waals surface area contributed by atoms with Crippen molar-refractivity contribution >= 4 is 46.7 Å². The average molecular weight is 399 g/mol. The summed E-state index contributed by atoms with van der Waals surface area (Å²) in [7, 11) is 0. The van der Waals surface area contributed by atoms with Crippen molar-refractivity contribution in [2.24, 2.45) is 0 Å². The number of nitrogens with one attached hydrogen (secondary N) is 3. The number of rotatable bonds is 5. The number of amides is 4. The maximum atomic E-state index is 12.6. The molecule has 1 saturated heterocycles. The first kappa shape index (κ1) is 18.9. The van der Waals surface area contributed by atoms with Crippen molar-refractivity contribution in [3.8, 4) is 0 Å². The summed E-state index contributed by atoms with van der Waals surface area (Å²) in [4.78, 5) is 38.0. The van der Waals surface area contributed by atoms with E-state index in [9.17, 15) is 14.4 Å². The number of likely N-dealkylation sites (tertiary alicyclic amines) is 1. The first-order valence-electron chi connectivity index (χ1n) is 8.52. The lowest BCUT2D eigenvalue weighted by Crippen LogP contribution is -2.48. The van der Waals surface area contributed by atoms with E-state index in [1.165, 1.54) is 0 Å². The van der Waals surface area contributed by atoms with E-state index in [0.29, 0.717) is 28.7 Å². The number of hydrogen-bond donors (Lipinski definition) is 3. The van der Waals surface area contributed by atoms with Gasteiger partial charge in [-0.3, -0.25) is 19.8 Å². The molecule has 1 heterocycles. The lowest BCUT2D eigenvalue weighted by molar-refractivity contribution is -0.124. The lowest BCUT2D eigenvalue weighted by atomic mass is 10.2. The lowest BCUT2D eigenvalue weighted by Gasteiger charge is -2.23. The third-order valence-corrected chi connectivity index (χ3v) is 4.93. The van der Waals surface area contributed by atoms with E-state index >= 15 is 0 Å². The van der Waals surface area contributed by atoms with Crippen LogP contribution in [0.2, 0.25) is 10.0 Å². The average Bonchev–Trinajstić information content (AvgIpc) is 3.25. The van der Waals surface area contributed by atoms with Gasteiger partial charge in [0.15, 0.2) is 0 Å². The minimum absolute atomic E-state index is 0.0144. The summed E-state index contributed by atoms with van der Waals surface area (Å²) >= 11 is 12.0. The van der Waals surface area contributed by atoms with E-state index < -0.39 is 18.0 Å². The molecule has 1 saturated carbocycles. The highest BCUT2D eigenvalue weighted by molar-refractivity contribution is 6.35. The summed E-state index contributed by atoms with van der Waals surface area (Å²) in [6, 6.07) is 4.06. The summed E-state index contributed by atoms with van der Waals surface area (Å²) in [5, 5.41) is 8.62. The molecule has 1 aromatic carbocycles. The molecule has 1 aromatic rings. The summed E-state index contributed by atoms with van der Waals surface area (Å²) < 4.78 is 0. The topological polar surface area (TPSA) is 90.5 Å². The van der Waals surface area contributed by atoms with Gasteiger partial charge in [0.25, 0.3) is 0 Å². The second-order valence-electron chi connectivity index (χ2n) is 6.54. The van der Waals surface area contributed by atoms with Crippen LogP contribution < -0.4 is 16.0 Å². The minimum Gasteiger partial charge on any atom is -0.335 e. The monoisotopic (exact) mass is 398 g/mol. The molecule has 1 aliphatic carbocycles. The summed E-state index contributed by atoms with van der Waals surface area (Å²) in [5.41, 5.74) is 0.435. The van der Waals surface area contributed by atoms with Crippen molar-refractivity contribution in [1.29, 1.82) is 0 Å². The standard InChI is InChI=1S/C17H20Cl2N4O3/c18-10-3-6-12(19)13(8-10)21-16(25)14-2-1-7-23(14)9-15(24)22-17(26)20-11-4-5-11/h3,6,8,11,14H,1-2,4-5,7,9H2,(H,21,25)(H2,20,22,24,26). The Labute approximate surface area is 161 Å². The van der Waals surface area contributed by atoms with Crippen LogP contribution in [0, 0.1) is 0 Å². The normalized spacial score (nSPS) is 19.8. The van der Waals surface area contributed by atoms with Crippen LogP contribution in [-0.2, 0) is 9.59 Å². The van der Waals surface area contributed by atoms with Crippen LogP contribution in [0.5, 0.6) is 0 Å². The third kappa shape index (κ3) is 5.09. The molecule has 7 nitrogen and oxygen atoms in total. The first-order valence-corrected chi connectivity index (χ1v) is 9.28. The Kier molecular flexibility index (Phi) is 6.01. The van der Waals surface area contributed by atoms with Crippen molar-refractivity contribution in [2.75, 3.05) is 18.4 Å². The van der Waals surface area contributed by atoms with Crippen LogP contribution in [0.25, 0.3) is 0 Å². The number of carbonyl (C=O) groups excluding carboxylic acids is 3. The zero-order chi connectivity index (χ0) is 18.7. The van der Waals surface area contributed by atoms with Crippen LogP contribution in [0.1, 0.15) is 25.7 Å². The Morgan fingerprint density at radius 2 is 1.92 bits per heavy atom. The van der Waals surface area contributed by atoms with Gasteiger partial charge in [0, 0.05) is 11.1 Å². The molecule has 0 radical (unpaired) electrons. The molecule has 2 aliphatic rings. The van der Waals surface area contributed by atoms with Crippen molar-refractivity contribution in [3.05, 3.63) is 28.2 Å². The van der Waals surface area contributed by atoms with Crippen molar-refractivity contribution in [1.82, 2.24) is 15.5 Å². The smallest absolute Gasteiger partial charge is 0.321 e.